The summed E-state index contributed by atoms with van der Waals surface area (Å²) in [5, 5.41) is 0. The molecule has 0 aliphatic carbocycles. The van der Waals surface area contributed by atoms with Gasteiger partial charge in [0.1, 0.15) is 11.5 Å². The normalized spacial score (nSPS) is 13.5. The highest BCUT2D eigenvalue weighted by Gasteiger charge is 2.21. The molecule has 0 spiro atoms. The summed E-state index contributed by atoms with van der Waals surface area (Å²) >= 11 is 0. The number of aryl methyl sites for hydroxylation is 4. The summed E-state index contributed by atoms with van der Waals surface area (Å²) in [7, 11) is 3.42. The molecule has 2 aromatic rings. The minimum absolute atomic E-state index is 0.794. The first-order chi connectivity index (χ1) is 11.9. The zero-order chi connectivity index (χ0) is 18.1. The van der Waals surface area contributed by atoms with Crippen LogP contribution in [0.2, 0.25) is 0 Å². The monoisotopic (exact) mass is 338 g/mol. The van der Waals surface area contributed by atoms with Gasteiger partial charge in [0.25, 0.3) is 0 Å². The second-order valence-corrected chi connectivity index (χ2v) is 6.60. The molecule has 3 rings (SSSR count). The maximum atomic E-state index is 5.38. The Morgan fingerprint density at radius 1 is 0.640 bits per heavy atom. The van der Waals surface area contributed by atoms with Crippen LogP contribution in [0.25, 0.3) is 0 Å². The van der Waals surface area contributed by atoms with Gasteiger partial charge in [0.2, 0.25) is 0 Å². The quantitative estimate of drug-likeness (QED) is 0.807. The Hall–Kier alpha value is -2.62. The van der Waals surface area contributed by atoms with Crippen molar-refractivity contribution in [3.63, 3.8) is 0 Å². The van der Waals surface area contributed by atoms with E-state index in [4.69, 9.17) is 9.47 Å². The van der Waals surface area contributed by atoms with Gasteiger partial charge in [-0.2, -0.15) is 0 Å². The van der Waals surface area contributed by atoms with E-state index in [1.165, 1.54) is 33.6 Å². The van der Waals surface area contributed by atoms with Crippen LogP contribution in [-0.4, -0.2) is 20.9 Å². The van der Waals surface area contributed by atoms with Gasteiger partial charge >= 0.3 is 0 Å². The molecule has 4 heteroatoms. The van der Waals surface area contributed by atoms with E-state index in [0.717, 1.165) is 18.2 Å². The molecule has 25 heavy (non-hydrogen) atoms. The van der Waals surface area contributed by atoms with Gasteiger partial charge in [0, 0.05) is 23.8 Å². The predicted octanol–water partition coefficient (Wildman–Crippen LogP) is 4.69. The molecule has 0 bridgehead atoms. The minimum Gasteiger partial charge on any atom is -0.497 e. The van der Waals surface area contributed by atoms with E-state index in [2.05, 4.69) is 74.2 Å². The highest BCUT2D eigenvalue weighted by molar-refractivity contribution is 5.69. The van der Waals surface area contributed by atoms with Crippen molar-refractivity contribution >= 4 is 11.4 Å². The molecule has 0 saturated heterocycles. The summed E-state index contributed by atoms with van der Waals surface area (Å²) < 4.78 is 10.8. The zero-order valence-electron chi connectivity index (χ0n) is 15.9. The second kappa shape index (κ2) is 6.71. The van der Waals surface area contributed by atoms with Crippen LogP contribution in [-0.2, 0) is 0 Å². The SMILES string of the molecule is COc1cc(C)c(N2C=CN(c3c(C)cc(OC)cc3C)C2)c(C)c1. The maximum absolute atomic E-state index is 5.38. The van der Waals surface area contributed by atoms with Crippen molar-refractivity contribution < 1.29 is 9.47 Å². The third kappa shape index (κ3) is 3.16. The molecule has 4 nitrogen and oxygen atoms in total. The van der Waals surface area contributed by atoms with Crippen LogP contribution >= 0.6 is 0 Å². The number of methoxy groups -OCH3 is 2. The van der Waals surface area contributed by atoms with Crippen molar-refractivity contribution in [2.24, 2.45) is 0 Å². The van der Waals surface area contributed by atoms with Crippen LogP contribution in [0.5, 0.6) is 11.5 Å². The van der Waals surface area contributed by atoms with Crippen LogP contribution in [0.3, 0.4) is 0 Å². The summed E-state index contributed by atoms with van der Waals surface area (Å²) in [6.07, 6.45) is 4.29. The van der Waals surface area contributed by atoms with Crippen LogP contribution in [0.15, 0.2) is 36.7 Å². The molecule has 1 aliphatic heterocycles. The Balaban J connectivity index is 1.90. The van der Waals surface area contributed by atoms with Crippen molar-refractivity contribution in [2.45, 2.75) is 27.7 Å². The van der Waals surface area contributed by atoms with Gasteiger partial charge in [0.15, 0.2) is 0 Å². The summed E-state index contributed by atoms with van der Waals surface area (Å²) in [6, 6.07) is 8.34. The number of rotatable bonds is 4. The number of hydrogen-bond acceptors (Lipinski definition) is 4. The number of anilines is 2. The van der Waals surface area contributed by atoms with Crippen LogP contribution < -0.4 is 19.3 Å². The first-order valence-electron chi connectivity index (χ1n) is 8.46. The molecule has 1 heterocycles. The average Bonchev–Trinajstić information content (AvgIpc) is 3.02. The van der Waals surface area contributed by atoms with Crippen molar-refractivity contribution in [3.05, 3.63) is 58.9 Å². The summed E-state index contributed by atoms with van der Waals surface area (Å²) in [5.41, 5.74) is 7.34. The molecular formula is C21H26N2O2. The number of ether oxygens (including phenoxy) is 2. The van der Waals surface area contributed by atoms with Gasteiger partial charge in [-0.25, -0.2) is 0 Å². The van der Waals surface area contributed by atoms with Gasteiger partial charge in [-0.05, 0) is 74.2 Å². The van der Waals surface area contributed by atoms with E-state index < -0.39 is 0 Å². The van der Waals surface area contributed by atoms with Gasteiger partial charge < -0.3 is 19.3 Å². The highest BCUT2D eigenvalue weighted by Crippen LogP contribution is 2.35. The molecule has 0 aromatic heterocycles. The molecule has 0 radical (unpaired) electrons. The smallest absolute Gasteiger partial charge is 0.119 e. The third-order valence-electron chi connectivity index (χ3n) is 4.71. The first-order valence-corrected chi connectivity index (χ1v) is 8.46. The van der Waals surface area contributed by atoms with E-state index >= 15 is 0 Å². The molecule has 132 valence electrons. The third-order valence-corrected chi connectivity index (χ3v) is 4.71. The second-order valence-electron chi connectivity index (χ2n) is 6.60. The van der Waals surface area contributed by atoms with Crippen molar-refractivity contribution in [2.75, 3.05) is 30.7 Å². The van der Waals surface area contributed by atoms with E-state index in [-0.39, 0.29) is 0 Å². The van der Waals surface area contributed by atoms with Gasteiger partial charge in [-0.15, -0.1) is 0 Å². The molecular weight excluding hydrogens is 312 g/mol. The highest BCUT2D eigenvalue weighted by atomic mass is 16.5. The predicted molar refractivity (Wildman–Crippen MR) is 104 cm³/mol. The molecule has 0 amide bonds. The lowest BCUT2D eigenvalue weighted by Crippen LogP contribution is -2.26. The summed E-state index contributed by atoms with van der Waals surface area (Å²) in [4.78, 5) is 4.57. The topological polar surface area (TPSA) is 24.9 Å². The number of benzene rings is 2. The maximum Gasteiger partial charge on any atom is 0.119 e. The summed E-state index contributed by atoms with van der Waals surface area (Å²) in [6.45, 7) is 9.31. The van der Waals surface area contributed by atoms with E-state index in [1.54, 1.807) is 14.2 Å². The van der Waals surface area contributed by atoms with Gasteiger partial charge in [-0.3, -0.25) is 0 Å². The van der Waals surface area contributed by atoms with Gasteiger partial charge in [0.05, 0.1) is 20.9 Å². The van der Waals surface area contributed by atoms with Crippen LogP contribution in [0, 0.1) is 27.7 Å². The minimum atomic E-state index is 0.794. The fourth-order valence-electron chi connectivity index (χ4n) is 3.68. The van der Waals surface area contributed by atoms with E-state index in [0.29, 0.717) is 0 Å². The molecule has 0 N–H and O–H groups in total. The van der Waals surface area contributed by atoms with Crippen molar-refractivity contribution in [1.82, 2.24) is 0 Å². The molecule has 2 aromatic carbocycles. The Labute approximate surface area is 150 Å². The Morgan fingerprint density at radius 3 is 1.24 bits per heavy atom. The van der Waals surface area contributed by atoms with Crippen molar-refractivity contribution in [1.29, 1.82) is 0 Å². The fourth-order valence-corrected chi connectivity index (χ4v) is 3.68. The fraction of sp³-hybridized carbons (Fsp3) is 0.333. The standard InChI is InChI=1S/C21H26N2O2/c1-14-9-18(24-5)10-15(2)20(14)22-7-8-23(13-22)21-16(3)11-19(25-6)12-17(21)4/h7-12H,13H2,1-6H3. The zero-order valence-corrected chi connectivity index (χ0v) is 15.9. The van der Waals surface area contributed by atoms with E-state index in [9.17, 15) is 0 Å². The van der Waals surface area contributed by atoms with E-state index in [1.807, 2.05) is 0 Å². The molecule has 0 saturated carbocycles. The molecule has 0 atom stereocenters. The lowest BCUT2D eigenvalue weighted by molar-refractivity contribution is 0.414. The van der Waals surface area contributed by atoms with Crippen LogP contribution in [0.1, 0.15) is 22.3 Å². The molecule has 0 unspecified atom stereocenters. The molecule has 1 aliphatic rings. The number of hydrogen-bond donors (Lipinski definition) is 0. The van der Waals surface area contributed by atoms with Crippen molar-refractivity contribution in [3.8, 4) is 11.5 Å². The lowest BCUT2D eigenvalue weighted by atomic mass is 10.1. The Morgan fingerprint density at radius 2 is 0.960 bits per heavy atom. The largest absolute Gasteiger partial charge is 0.497 e. The molecule has 0 fully saturated rings. The Kier molecular flexibility index (Phi) is 4.62. The lowest BCUT2D eigenvalue weighted by Gasteiger charge is -2.27. The Bertz CT molecular complexity index is 713. The summed E-state index contributed by atoms with van der Waals surface area (Å²) in [5.74, 6) is 1.81. The average molecular weight is 338 g/mol. The van der Waals surface area contributed by atoms with Gasteiger partial charge in [-0.1, -0.05) is 0 Å². The first kappa shape index (κ1) is 17.2. The number of nitrogens with zero attached hydrogens (tertiary/aromatic N) is 2. The van der Waals surface area contributed by atoms with Crippen LogP contribution in [0.4, 0.5) is 11.4 Å².